The third-order valence-corrected chi connectivity index (χ3v) is 22.0. The number of carbonyl (C=O) groups is 8. The molecule has 1 aliphatic heterocycles. The molecule has 1 saturated heterocycles. The van der Waals surface area contributed by atoms with E-state index in [9.17, 15) is 51.9 Å². The number of nitrogens with zero attached hydrogens (tertiary/aromatic N) is 3. The number of amides is 7. The van der Waals surface area contributed by atoms with Gasteiger partial charge in [-0.15, -0.1) is 5.10 Å². The van der Waals surface area contributed by atoms with Crippen molar-refractivity contribution in [3.05, 3.63) is 59.5 Å². The van der Waals surface area contributed by atoms with E-state index in [0.29, 0.717) is 96.9 Å². The molecule has 1 aromatic heterocycles. The second-order valence-corrected chi connectivity index (χ2v) is 30.5. The van der Waals surface area contributed by atoms with E-state index in [1.165, 1.54) is 43.3 Å². The molecule has 7 amide bonds. The van der Waals surface area contributed by atoms with Crippen LogP contribution >= 0.6 is 0 Å². The lowest BCUT2D eigenvalue weighted by molar-refractivity contribution is -0.234. The highest BCUT2D eigenvalue weighted by molar-refractivity contribution is 7.85. The van der Waals surface area contributed by atoms with Gasteiger partial charge in [-0.3, -0.25) is 38.1 Å². The molecular formula is C72H109F2N11O20S. The summed E-state index contributed by atoms with van der Waals surface area (Å²) in [6, 6.07) is 2.07. The molecule has 8 rings (SSSR count). The number of unbranched alkanes of at least 4 members (excludes halogenated alkanes) is 2. The SMILES string of the molecule is CCCC1O[C@@H]2C[C@H]3[C@@H]4C[C@H](F)C5=CC(=O)C=C[C@]5(C)[C@@]4(F)[C@@H](O)C[C@]3(C)[C@]2(C(=O)COc2ccc(NC(=O)[C@H](CCCNC(N)=O)NC(=O)[C@@H](NC(=O)[C@H](N)CCCCCNC(=O)COC3CCCCCc4c3nnn4CCOCCOCCOCCOCCC(=O)NCCS(=O)(=O)O)C(C)C)cc2)O1. The molecule has 1 aromatic carbocycles. The van der Waals surface area contributed by atoms with Crippen molar-refractivity contribution in [1.29, 1.82) is 0 Å². The van der Waals surface area contributed by atoms with Crippen molar-refractivity contribution in [1.82, 2.24) is 41.6 Å². The molecule has 3 saturated carbocycles. The smallest absolute Gasteiger partial charge is 0.312 e. The topological polar surface area (TPSA) is 440 Å². The third kappa shape index (κ3) is 21.7. The second-order valence-electron chi connectivity index (χ2n) is 28.9. The maximum atomic E-state index is 18.0. The molecule has 34 heteroatoms. The standard InChI is InChI=1S/C72H109F2N11O20S/c1-6-14-62-104-59-41-49-50-40-52(73)51-39-47(86)23-25-69(51,4)71(50,74)57(87)42-70(49,5)72(59,105-62)58(88)43-102-48-21-19-46(20-22-48)80-66(92)54(16-13-27-79-68(76)94)81-67(93)63(45(2)3)82-65(91)53(75)15-9-8-12-26-77-61(90)44-103-56-18-11-7-10-17-55-64(56)83-84-85(55)29-31-99-33-35-101-37-36-100-34-32-98-30-24-60(89)78-28-38-106(95,96)97/h19-23,25,39,45,49-50,52-54,56-57,59,62-63,87H,6-18,24,26-38,40-44,75H2,1-5H3,(H,77,90)(H,78,89)(H,80,92)(H,81,93)(H,82,91)(H3,76,79,94)(H,95,96,97)/t49-,50-,52-,53+,54-,56?,57-,59+,62?,63-,69-,70-,71-,72+/m0/s1. The minimum atomic E-state index is -4.14. The van der Waals surface area contributed by atoms with Crippen molar-refractivity contribution < 1.29 is 103 Å². The summed E-state index contributed by atoms with van der Waals surface area (Å²) in [6.07, 6.45) is 5.69. The number of rotatable bonds is 44. The van der Waals surface area contributed by atoms with Gasteiger partial charge in [0, 0.05) is 48.5 Å². The van der Waals surface area contributed by atoms with Crippen molar-refractivity contribution in [2.75, 3.05) is 96.8 Å². The van der Waals surface area contributed by atoms with E-state index in [-0.39, 0.29) is 101 Å². The number of benzene rings is 1. The molecule has 14 atom stereocenters. The highest BCUT2D eigenvalue weighted by Crippen LogP contribution is 2.72. The normalized spacial score (nSPS) is 26.8. The van der Waals surface area contributed by atoms with Crippen LogP contribution in [-0.4, -0.2) is 226 Å². The van der Waals surface area contributed by atoms with Crippen molar-refractivity contribution in [3.63, 3.8) is 0 Å². The predicted molar refractivity (Wildman–Crippen MR) is 380 cm³/mol. The summed E-state index contributed by atoms with van der Waals surface area (Å²) in [4.78, 5) is 105. The number of anilines is 1. The summed E-state index contributed by atoms with van der Waals surface area (Å²) >= 11 is 0. The van der Waals surface area contributed by atoms with Crippen molar-refractivity contribution in [3.8, 4) is 5.75 Å². The number of halogens is 2. The van der Waals surface area contributed by atoms with E-state index in [1.54, 1.807) is 20.8 Å². The lowest BCUT2D eigenvalue weighted by Crippen LogP contribution is -2.71. The summed E-state index contributed by atoms with van der Waals surface area (Å²) < 4.78 is 114. The Kier molecular flexibility index (Phi) is 31.5. The van der Waals surface area contributed by atoms with Gasteiger partial charge in [-0.2, -0.15) is 8.42 Å². The zero-order valence-electron chi connectivity index (χ0n) is 61.4. The van der Waals surface area contributed by atoms with Gasteiger partial charge in [0.25, 0.3) is 10.1 Å². The number of primary amides is 1. The average molecular weight is 1520 g/mol. The molecular weight excluding hydrogens is 1410 g/mol. The number of hydrogen-bond donors (Lipinski definition) is 10. The molecule has 5 aliphatic carbocycles. The highest BCUT2D eigenvalue weighted by atomic mass is 32.2. The fraction of sp³-hybridized carbons (Fsp3) is 0.722. The number of aliphatic hydroxyl groups excluding tert-OH is 1. The van der Waals surface area contributed by atoms with E-state index in [2.05, 4.69) is 42.2 Å². The monoisotopic (exact) mass is 1520 g/mol. The molecule has 106 heavy (non-hydrogen) atoms. The number of ketones is 2. The number of urea groups is 1. The number of fused-ring (bicyclic) bond motifs is 8. The maximum absolute atomic E-state index is 18.0. The predicted octanol–water partition coefficient (Wildman–Crippen LogP) is 3.79. The largest absolute Gasteiger partial charge is 0.486 e. The molecule has 31 nitrogen and oxygen atoms in total. The van der Waals surface area contributed by atoms with Gasteiger partial charge < -0.3 is 86.4 Å². The Morgan fingerprint density at radius 1 is 0.811 bits per heavy atom. The van der Waals surface area contributed by atoms with E-state index >= 15 is 8.78 Å². The Balaban J connectivity index is 0.731. The molecule has 2 unspecified atom stereocenters. The van der Waals surface area contributed by atoms with Gasteiger partial charge in [0.2, 0.25) is 35.3 Å². The van der Waals surface area contributed by atoms with Gasteiger partial charge in [-0.05, 0) is 131 Å². The van der Waals surface area contributed by atoms with E-state index in [0.717, 1.165) is 37.5 Å². The molecule has 6 aliphatic rings. The van der Waals surface area contributed by atoms with Gasteiger partial charge >= 0.3 is 6.03 Å². The minimum absolute atomic E-state index is 0.00737. The van der Waals surface area contributed by atoms with Crippen LogP contribution in [0.15, 0.2) is 48.1 Å². The quantitative estimate of drug-likeness (QED) is 0.0333. The van der Waals surface area contributed by atoms with Crippen LogP contribution < -0.4 is 48.1 Å². The zero-order valence-corrected chi connectivity index (χ0v) is 62.2. The molecule has 0 radical (unpaired) electrons. The Morgan fingerprint density at radius 2 is 1.50 bits per heavy atom. The van der Waals surface area contributed by atoms with Crippen LogP contribution in [0, 0.1) is 28.6 Å². The molecule has 0 bridgehead atoms. The number of allylic oxidation sites excluding steroid dienone is 4. The summed E-state index contributed by atoms with van der Waals surface area (Å²) in [5.41, 5.74) is 6.66. The fourth-order valence-corrected chi connectivity index (χ4v) is 16.1. The first-order valence-corrected chi connectivity index (χ1v) is 38.8. The average Bonchev–Trinajstić information content (AvgIpc) is 1.43. The van der Waals surface area contributed by atoms with E-state index in [4.69, 9.17) is 53.9 Å². The second kappa shape index (κ2) is 39.4. The molecule has 4 fully saturated rings. The number of aromatic nitrogens is 3. The molecule has 2 heterocycles. The third-order valence-electron chi connectivity index (χ3n) is 21.2. The fourth-order valence-electron chi connectivity index (χ4n) is 15.7. The summed E-state index contributed by atoms with van der Waals surface area (Å²) in [6.45, 7) is 11.2. The number of ether oxygens (including phenoxy) is 8. The number of hydrogen-bond acceptors (Lipinski definition) is 22. The summed E-state index contributed by atoms with van der Waals surface area (Å²) in [5, 5.41) is 36.9. The van der Waals surface area contributed by atoms with Crippen LogP contribution in [0.25, 0.3) is 0 Å². The molecule has 12 N–H and O–H groups in total. The number of Topliss-reactive ketones (excluding diaryl/α,β-unsaturated/α-hetero) is 1. The first kappa shape index (κ1) is 84.6. The summed E-state index contributed by atoms with van der Waals surface area (Å²) in [7, 11) is -4.14. The van der Waals surface area contributed by atoms with Crippen LogP contribution in [-0.2, 0) is 89.8 Å². The molecule has 0 spiro atoms. The van der Waals surface area contributed by atoms with Gasteiger partial charge in [0.15, 0.2) is 23.3 Å². The summed E-state index contributed by atoms with van der Waals surface area (Å²) in [5.74, 6) is -6.01. The molecule has 592 valence electrons. The first-order valence-electron chi connectivity index (χ1n) is 37.1. The van der Waals surface area contributed by atoms with Crippen molar-refractivity contribution in [2.45, 2.75) is 210 Å². The first-order chi connectivity index (χ1) is 50.5. The van der Waals surface area contributed by atoms with Gasteiger partial charge in [0.1, 0.15) is 49.0 Å². The number of nitrogens with two attached hydrogens (primary N) is 2. The Morgan fingerprint density at radius 3 is 2.19 bits per heavy atom. The van der Waals surface area contributed by atoms with Crippen molar-refractivity contribution >= 4 is 62.9 Å². The lowest BCUT2D eigenvalue weighted by Gasteiger charge is -2.63. The highest BCUT2D eigenvalue weighted by Gasteiger charge is 2.80. The zero-order chi connectivity index (χ0) is 76.8. The lowest BCUT2D eigenvalue weighted by atomic mass is 9.44. The van der Waals surface area contributed by atoms with Crippen LogP contribution in [0.1, 0.15) is 155 Å². The Hall–Kier alpha value is -6.99. The van der Waals surface area contributed by atoms with E-state index in [1.807, 2.05) is 11.6 Å². The number of aliphatic hydroxyl groups is 1. The van der Waals surface area contributed by atoms with Crippen molar-refractivity contribution in [2.24, 2.45) is 40.1 Å². The van der Waals surface area contributed by atoms with Crippen LogP contribution in [0.4, 0.5) is 19.3 Å². The van der Waals surface area contributed by atoms with Gasteiger partial charge in [0.05, 0.1) is 89.1 Å². The van der Waals surface area contributed by atoms with Gasteiger partial charge in [-0.1, -0.05) is 71.1 Å². The minimum Gasteiger partial charge on any atom is -0.486 e. The van der Waals surface area contributed by atoms with Crippen LogP contribution in [0.2, 0.25) is 0 Å². The number of nitrogens with one attached hydrogen (secondary N) is 6. The molecule has 2 aromatic rings. The Bertz CT molecular complexity index is 3500. The number of alkyl halides is 2. The van der Waals surface area contributed by atoms with Crippen LogP contribution in [0.5, 0.6) is 5.75 Å². The maximum Gasteiger partial charge on any atom is 0.312 e. The Labute approximate surface area is 617 Å². The van der Waals surface area contributed by atoms with Gasteiger partial charge in [-0.25, -0.2) is 18.3 Å². The van der Waals surface area contributed by atoms with Crippen LogP contribution in [0.3, 0.4) is 0 Å². The number of carbonyl (C=O) groups excluding carboxylic acids is 8. The van der Waals surface area contributed by atoms with E-state index < -0.39 is 152 Å².